The first-order valence-electron chi connectivity index (χ1n) is 15.6. The van der Waals surface area contributed by atoms with Gasteiger partial charge in [0.1, 0.15) is 24.7 Å². The number of rotatable bonds is 16. The quantitative estimate of drug-likeness (QED) is 0.141. The van der Waals surface area contributed by atoms with E-state index in [-0.39, 0.29) is 24.1 Å². The summed E-state index contributed by atoms with van der Waals surface area (Å²) < 4.78 is 0. The first-order valence-corrected chi connectivity index (χ1v) is 15.6. The molecule has 0 aliphatic carbocycles. The van der Waals surface area contributed by atoms with Crippen LogP contribution in [-0.2, 0) is 36.9 Å². The fraction of sp³-hybridized carbons (Fsp3) is 0.314. The summed E-state index contributed by atoms with van der Waals surface area (Å²) in [4.78, 5) is 64.6. The predicted molar refractivity (Wildman–Crippen MR) is 177 cm³/mol. The van der Waals surface area contributed by atoms with E-state index in [2.05, 4.69) is 31.4 Å². The second kappa shape index (κ2) is 16.7. The molecule has 3 amide bonds. The second-order valence-electron chi connectivity index (χ2n) is 11.7. The summed E-state index contributed by atoms with van der Waals surface area (Å²) in [7, 11) is 0. The number of nitrogens with one attached hydrogen (secondary N) is 3. The molecule has 13 nitrogen and oxygen atoms in total. The molecule has 4 rings (SSSR count). The molecule has 4 aromatic rings. The van der Waals surface area contributed by atoms with Crippen molar-refractivity contribution in [2.24, 2.45) is 5.92 Å². The maximum absolute atomic E-state index is 13.2. The third-order valence-corrected chi connectivity index (χ3v) is 7.59. The van der Waals surface area contributed by atoms with E-state index in [0.717, 1.165) is 21.5 Å². The Balaban J connectivity index is 1.36. The molecule has 0 saturated carbocycles. The Kier molecular flexibility index (Phi) is 12.2. The van der Waals surface area contributed by atoms with Gasteiger partial charge in [0.2, 0.25) is 23.5 Å². The lowest BCUT2D eigenvalue weighted by Crippen LogP contribution is -2.56. The van der Waals surface area contributed by atoms with Gasteiger partial charge in [-0.1, -0.05) is 98.8 Å². The normalized spacial score (nSPS) is 12.8. The molecule has 0 aliphatic heterocycles. The number of aryl methyl sites for hydroxylation is 1. The SMILES string of the molecule is CC(C)[C@H](NC(=O)CCc1ccccc1)C(=O)N[C@@H](C)C(=O)NC(CC(=O)O)C(=O)Cn1nnc(-c2ccccc2-c2ccccc2)n1. The van der Waals surface area contributed by atoms with Crippen LogP contribution in [0.15, 0.2) is 84.9 Å². The highest BCUT2D eigenvalue weighted by atomic mass is 16.4. The van der Waals surface area contributed by atoms with E-state index in [1.54, 1.807) is 13.8 Å². The van der Waals surface area contributed by atoms with Crippen LogP contribution in [0.1, 0.15) is 39.2 Å². The van der Waals surface area contributed by atoms with E-state index in [1.165, 1.54) is 6.92 Å². The first-order chi connectivity index (χ1) is 23.0. The van der Waals surface area contributed by atoms with Gasteiger partial charge in [-0.2, -0.15) is 4.80 Å². The van der Waals surface area contributed by atoms with Crippen LogP contribution in [0.4, 0.5) is 0 Å². The monoisotopic (exact) mass is 653 g/mol. The number of Topliss-reactive ketones (excluding diaryl/α,β-unsaturated/α-hetero) is 1. The van der Waals surface area contributed by atoms with Crippen molar-refractivity contribution in [1.82, 2.24) is 36.2 Å². The third-order valence-electron chi connectivity index (χ3n) is 7.59. The molecule has 4 N–H and O–H groups in total. The number of benzene rings is 3. The summed E-state index contributed by atoms with van der Waals surface area (Å²) in [6.45, 7) is 4.47. The molecule has 1 heterocycles. The zero-order valence-corrected chi connectivity index (χ0v) is 27.0. The summed E-state index contributed by atoms with van der Waals surface area (Å²) in [6.07, 6.45) is -0.0176. The van der Waals surface area contributed by atoms with E-state index in [1.807, 2.05) is 84.9 Å². The number of ketones is 1. The van der Waals surface area contributed by atoms with E-state index < -0.39 is 54.7 Å². The molecule has 1 aromatic heterocycles. The highest BCUT2D eigenvalue weighted by Crippen LogP contribution is 2.29. The van der Waals surface area contributed by atoms with Crippen molar-refractivity contribution in [1.29, 1.82) is 0 Å². The number of aromatic nitrogens is 4. The summed E-state index contributed by atoms with van der Waals surface area (Å²) >= 11 is 0. The molecular weight excluding hydrogens is 614 g/mol. The fourth-order valence-electron chi connectivity index (χ4n) is 4.98. The summed E-state index contributed by atoms with van der Waals surface area (Å²) in [5.41, 5.74) is 3.48. The number of hydrogen-bond donors (Lipinski definition) is 4. The van der Waals surface area contributed by atoms with Crippen molar-refractivity contribution in [3.05, 3.63) is 90.5 Å². The van der Waals surface area contributed by atoms with Gasteiger partial charge in [0.15, 0.2) is 5.78 Å². The predicted octanol–water partition coefficient (Wildman–Crippen LogP) is 2.81. The number of carbonyl (C=O) groups excluding carboxylic acids is 4. The van der Waals surface area contributed by atoms with Crippen molar-refractivity contribution in [3.8, 4) is 22.5 Å². The van der Waals surface area contributed by atoms with Gasteiger partial charge in [-0.3, -0.25) is 24.0 Å². The Morgan fingerprint density at radius 2 is 1.40 bits per heavy atom. The maximum atomic E-state index is 13.2. The van der Waals surface area contributed by atoms with Crippen LogP contribution in [0.25, 0.3) is 22.5 Å². The number of amides is 3. The van der Waals surface area contributed by atoms with Crippen LogP contribution in [0.3, 0.4) is 0 Å². The van der Waals surface area contributed by atoms with E-state index in [0.29, 0.717) is 12.0 Å². The lowest BCUT2D eigenvalue weighted by molar-refractivity contribution is -0.140. The lowest BCUT2D eigenvalue weighted by atomic mass is 9.99. The van der Waals surface area contributed by atoms with E-state index >= 15 is 0 Å². The molecule has 13 heteroatoms. The van der Waals surface area contributed by atoms with Gasteiger partial charge in [0, 0.05) is 12.0 Å². The van der Waals surface area contributed by atoms with Crippen LogP contribution in [0, 0.1) is 5.92 Å². The van der Waals surface area contributed by atoms with Crippen molar-refractivity contribution in [2.45, 2.75) is 64.7 Å². The Bertz CT molecular complexity index is 1730. The Hall–Kier alpha value is -5.72. The Morgan fingerprint density at radius 1 is 0.771 bits per heavy atom. The van der Waals surface area contributed by atoms with Gasteiger partial charge in [0.25, 0.3) is 0 Å². The number of aliphatic carboxylic acids is 1. The van der Waals surface area contributed by atoms with Crippen molar-refractivity contribution < 1.29 is 29.1 Å². The number of hydrogen-bond acceptors (Lipinski definition) is 8. The fourth-order valence-corrected chi connectivity index (χ4v) is 4.98. The molecule has 250 valence electrons. The second-order valence-corrected chi connectivity index (χ2v) is 11.7. The summed E-state index contributed by atoms with van der Waals surface area (Å²) in [6, 6.07) is 23.1. The van der Waals surface area contributed by atoms with Crippen LogP contribution in [-0.4, -0.2) is 72.9 Å². The summed E-state index contributed by atoms with van der Waals surface area (Å²) in [5, 5.41) is 29.6. The van der Waals surface area contributed by atoms with E-state index in [9.17, 15) is 29.1 Å². The molecule has 0 bridgehead atoms. The molecule has 3 atom stereocenters. The molecular formula is C35H39N7O6. The van der Waals surface area contributed by atoms with Crippen molar-refractivity contribution >= 4 is 29.5 Å². The summed E-state index contributed by atoms with van der Waals surface area (Å²) in [5.74, 6) is -3.68. The van der Waals surface area contributed by atoms with Gasteiger partial charge in [-0.15, -0.1) is 10.2 Å². The molecule has 0 saturated heterocycles. The average Bonchev–Trinajstić information content (AvgIpc) is 3.54. The number of carboxylic acids is 1. The van der Waals surface area contributed by atoms with Crippen molar-refractivity contribution in [3.63, 3.8) is 0 Å². The number of carbonyl (C=O) groups is 5. The zero-order chi connectivity index (χ0) is 34.6. The zero-order valence-electron chi connectivity index (χ0n) is 27.0. The first kappa shape index (κ1) is 35.1. The maximum Gasteiger partial charge on any atom is 0.305 e. The topological polar surface area (TPSA) is 185 Å². The van der Waals surface area contributed by atoms with Gasteiger partial charge in [-0.05, 0) is 41.2 Å². The Labute approximate surface area is 278 Å². The molecule has 0 aliphatic rings. The smallest absolute Gasteiger partial charge is 0.305 e. The van der Waals surface area contributed by atoms with Crippen molar-refractivity contribution in [2.75, 3.05) is 0 Å². The minimum absolute atomic E-state index is 0.178. The van der Waals surface area contributed by atoms with Crippen LogP contribution in [0.2, 0.25) is 0 Å². The minimum atomic E-state index is -1.43. The van der Waals surface area contributed by atoms with Crippen LogP contribution < -0.4 is 16.0 Å². The number of tetrazole rings is 1. The van der Waals surface area contributed by atoms with Crippen LogP contribution in [0.5, 0.6) is 0 Å². The van der Waals surface area contributed by atoms with Gasteiger partial charge < -0.3 is 21.1 Å². The largest absolute Gasteiger partial charge is 0.481 e. The molecule has 0 radical (unpaired) electrons. The van der Waals surface area contributed by atoms with E-state index in [4.69, 9.17) is 0 Å². The molecule has 0 spiro atoms. The molecule has 3 aromatic carbocycles. The van der Waals surface area contributed by atoms with Gasteiger partial charge in [0.05, 0.1) is 6.42 Å². The van der Waals surface area contributed by atoms with Crippen LogP contribution >= 0.6 is 0 Å². The third kappa shape index (κ3) is 9.89. The lowest BCUT2D eigenvalue weighted by Gasteiger charge is -2.25. The molecule has 0 fully saturated rings. The van der Waals surface area contributed by atoms with Gasteiger partial charge in [-0.25, -0.2) is 0 Å². The Morgan fingerprint density at radius 3 is 2.04 bits per heavy atom. The molecule has 48 heavy (non-hydrogen) atoms. The standard InChI is InChI=1S/C35H39N7O6/c1-22(2)32(38-30(44)19-18-24-12-6-4-7-13-24)35(48)36-23(3)34(47)37-28(20-31(45)46)29(43)21-42-40-33(39-41-42)27-17-11-10-16-26(27)25-14-8-5-9-15-25/h4-17,22-23,28,32H,18-21H2,1-3H3,(H,36,48)(H,37,47)(H,38,44)(H,45,46)/t23-,28?,32-/m0/s1. The highest BCUT2D eigenvalue weighted by Gasteiger charge is 2.30. The molecule has 1 unspecified atom stereocenters. The average molecular weight is 654 g/mol. The number of carboxylic acid groups (broad SMARTS) is 1. The highest BCUT2D eigenvalue weighted by molar-refractivity contribution is 5.95. The minimum Gasteiger partial charge on any atom is -0.481 e. The number of nitrogens with zero attached hydrogens (tertiary/aromatic N) is 4. The van der Waals surface area contributed by atoms with Gasteiger partial charge >= 0.3 is 5.97 Å².